The van der Waals surface area contributed by atoms with E-state index in [1.54, 1.807) is 0 Å². The van der Waals surface area contributed by atoms with Crippen LogP contribution < -0.4 is 5.32 Å². The van der Waals surface area contributed by atoms with Gasteiger partial charge < -0.3 is 10.1 Å². The van der Waals surface area contributed by atoms with Crippen molar-refractivity contribution in [2.24, 2.45) is 7.05 Å². The number of likely N-dealkylation sites (N-methyl/N-ethyl adjacent to an activating group) is 1. The molecule has 1 unspecified atom stereocenters. The van der Waals surface area contributed by atoms with E-state index in [4.69, 9.17) is 4.74 Å². The molecule has 4 heteroatoms. The SMILES string of the molecule is CNC(Cc1ccn(C)n1)C1(OC)CCCC1. The number of ether oxygens (including phenoxy) is 1. The summed E-state index contributed by atoms with van der Waals surface area (Å²) in [5.74, 6) is 0. The first-order chi connectivity index (χ1) is 8.20. The molecule has 96 valence electrons. The van der Waals surface area contributed by atoms with Crippen LogP contribution in [0, 0.1) is 0 Å². The lowest BCUT2D eigenvalue weighted by molar-refractivity contribution is -0.0339. The van der Waals surface area contributed by atoms with Crippen molar-refractivity contribution in [3.8, 4) is 0 Å². The molecule has 0 aliphatic heterocycles. The maximum absolute atomic E-state index is 5.83. The third kappa shape index (κ3) is 2.53. The first-order valence-electron chi connectivity index (χ1n) is 6.41. The first-order valence-corrected chi connectivity index (χ1v) is 6.41. The molecule has 0 saturated heterocycles. The molecule has 1 N–H and O–H groups in total. The lowest BCUT2D eigenvalue weighted by Crippen LogP contribution is -2.50. The minimum atomic E-state index is 0.00622. The Morgan fingerprint density at radius 3 is 2.71 bits per heavy atom. The Morgan fingerprint density at radius 1 is 1.53 bits per heavy atom. The van der Waals surface area contributed by atoms with Gasteiger partial charge in [-0.1, -0.05) is 12.8 Å². The maximum atomic E-state index is 5.83. The highest BCUT2D eigenvalue weighted by Gasteiger charge is 2.41. The average Bonchev–Trinajstić information content (AvgIpc) is 2.95. The average molecular weight is 237 g/mol. The van der Waals surface area contributed by atoms with Crippen LogP contribution in [0.3, 0.4) is 0 Å². The summed E-state index contributed by atoms with van der Waals surface area (Å²) in [6, 6.07) is 2.44. The Balaban J connectivity index is 2.10. The first kappa shape index (κ1) is 12.6. The van der Waals surface area contributed by atoms with Crippen LogP contribution in [0.4, 0.5) is 0 Å². The summed E-state index contributed by atoms with van der Waals surface area (Å²) < 4.78 is 7.69. The van der Waals surface area contributed by atoms with E-state index in [0.29, 0.717) is 6.04 Å². The van der Waals surface area contributed by atoms with E-state index in [1.165, 1.54) is 12.8 Å². The Kier molecular flexibility index (Phi) is 3.84. The van der Waals surface area contributed by atoms with E-state index in [2.05, 4.69) is 16.5 Å². The van der Waals surface area contributed by atoms with Gasteiger partial charge in [-0.05, 0) is 26.0 Å². The van der Waals surface area contributed by atoms with Crippen molar-refractivity contribution >= 4 is 0 Å². The molecule has 4 nitrogen and oxygen atoms in total. The van der Waals surface area contributed by atoms with Gasteiger partial charge in [0.15, 0.2) is 0 Å². The second kappa shape index (κ2) is 5.19. The minimum Gasteiger partial charge on any atom is -0.377 e. The molecule has 1 aliphatic carbocycles. The van der Waals surface area contributed by atoms with Gasteiger partial charge in [0.2, 0.25) is 0 Å². The van der Waals surface area contributed by atoms with Crippen molar-refractivity contribution in [1.29, 1.82) is 0 Å². The van der Waals surface area contributed by atoms with Gasteiger partial charge in [-0.15, -0.1) is 0 Å². The van der Waals surface area contributed by atoms with Crippen molar-refractivity contribution in [3.05, 3.63) is 18.0 Å². The van der Waals surface area contributed by atoms with Crippen LogP contribution in [0.5, 0.6) is 0 Å². The molecule has 0 radical (unpaired) electrons. The number of aryl methyl sites for hydroxylation is 1. The highest BCUT2D eigenvalue weighted by molar-refractivity contribution is 5.07. The molecule has 17 heavy (non-hydrogen) atoms. The molecule has 1 aromatic rings. The van der Waals surface area contributed by atoms with Gasteiger partial charge in [-0.25, -0.2) is 0 Å². The normalized spacial score (nSPS) is 20.6. The molecule has 1 heterocycles. The Morgan fingerprint density at radius 2 is 2.24 bits per heavy atom. The smallest absolute Gasteiger partial charge is 0.0834 e. The predicted molar refractivity (Wildman–Crippen MR) is 68.0 cm³/mol. The number of aromatic nitrogens is 2. The van der Waals surface area contributed by atoms with Crippen LogP contribution in [0.25, 0.3) is 0 Å². The molecule has 2 rings (SSSR count). The number of rotatable bonds is 5. The highest BCUT2D eigenvalue weighted by Crippen LogP contribution is 2.36. The third-order valence-corrected chi connectivity index (χ3v) is 4.02. The molecule has 0 bridgehead atoms. The minimum absolute atomic E-state index is 0.00622. The second-order valence-electron chi connectivity index (χ2n) is 5.00. The zero-order chi connectivity index (χ0) is 12.3. The summed E-state index contributed by atoms with van der Waals surface area (Å²) in [5.41, 5.74) is 1.14. The summed E-state index contributed by atoms with van der Waals surface area (Å²) in [5, 5.41) is 7.88. The Bertz CT molecular complexity index is 355. The number of methoxy groups -OCH3 is 1. The number of nitrogens with zero attached hydrogens (tertiary/aromatic N) is 2. The van der Waals surface area contributed by atoms with Crippen LogP contribution in [-0.2, 0) is 18.2 Å². The van der Waals surface area contributed by atoms with E-state index >= 15 is 0 Å². The van der Waals surface area contributed by atoms with Crippen molar-refractivity contribution in [1.82, 2.24) is 15.1 Å². The van der Waals surface area contributed by atoms with E-state index < -0.39 is 0 Å². The molecule has 0 amide bonds. The summed E-state index contributed by atoms with van der Waals surface area (Å²) in [7, 11) is 5.82. The highest BCUT2D eigenvalue weighted by atomic mass is 16.5. The quantitative estimate of drug-likeness (QED) is 0.843. The lowest BCUT2D eigenvalue weighted by Gasteiger charge is -2.36. The van der Waals surface area contributed by atoms with Gasteiger partial charge in [-0.2, -0.15) is 5.10 Å². The molecule has 0 spiro atoms. The molecule has 1 aliphatic rings. The van der Waals surface area contributed by atoms with Crippen molar-refractivity contribution in [3.63, 3.8) is 0 Å². The summed E-state index contributed by atoms with van der Waals surface area (Å²) >= 11 is 0. The summed E-state index contributed by atoms with van der Waals surface area (Å²) in [4.78, 5) is 0. The molecular weight excluding hydrogens is 214 g/mol. The fraction of sp³-hybridized carbons (Fsp3) is 0.769. The standard InChI is InChI=1S/C13H23N3O/c1-14-12(10-11-6-9-16(2)15-11)13(17-3)7-4-5-8-13/h6,9,12,14H,4-5,7-8,10H2,1-3H3. The van der Waals surface area contributed by atoms with Crippen molar-refractivity contribution in [2.75, 3.05) is 14.2 Å². The second-order valence-corrected chi connectivity index (χ2v) is 5.00. The van der Waals surface area contributed by atoms with Gasteiger partial charge in [0.1, 0.15) is 0 Å². The molecular formula is C13H23N3O. The molecule has 0 aromatic carbocycles. The zero-order valence-corrected chi connectivity index (χ0v) is 11.1. The number of hydrogen-bond acceptors (Lipinski definition) is 3. The predicted octanol–water partition coefficient (Wildman–Crippen LogP) is 1.51. The van der Waals surface area contributed by atoms with Crippen LogP contribution in [-0.4, -0.2) is 35.6 Å². The van der Waals surface area contributed by atoms with E-state index in [0.717, 1.165) is 25.0 Å². The molecule has 1 saturated carbocycles. The maximum Gasteiger partial charge on any atom is 0.0834 e. The molecule has 1 atom stereocenters. The van der Waals surface area contributed by atoms with Gasteiger partial charge in [-0.3, -0.25) is 4.68 Å². The fourth-order valence-corrected chi connectivity index (χ4v) is 3.00. The van der Waals surface area contributed by atoms with Gasteiger partial charge in [0, 0.05) is 32.8 Å². The fourth-order valence-electron chi connectivity index (χ4n) is 3.00. The Labute approximate surface area is 103 Å². The number of hydrogen-bond donors (Lipinski definition) is 1. The summed E-state index contributed by atoms with van der Waals surface area (Å²) in [6.45, 7) is 0. The van der Waals surface area contributed by atoms with Gasteiger partial charge in [0.05, 0.1) is 11.3 Å². The molecule has 1 aromatic heterocycles. The van der Waals surface area contributed by atoms with Crippen LogP contribution in [0.15, 0.2) is 12.3 Å². The largest absolute Gasteiger partial charge is 0.377 e. The summed E-state index contributed by atoms with van der Waals surface area (Å²) in [6.07, 6.45) is 7.79. The topological polar surface area (TPSA) is 39.1 Å². The van der Waals surface area contributed by atoms with Crippen LogP contribution in [0.2, 0.25) is 0 Å². The number of nitrogens with one attached hydrogen (secondary N) is 1. The van der Waals surface area contributed by atoms with E-state index in [1.807, 2.05) is 32.1 Å². The van der Waals surface area contributed by atoms with E-state index in [-0.39, 0.29) is 5.60 Å². The van der Waals surface area contributed by atoms with Gasteiger partial charge in [0.25, 0.3) is 0 Å². The van der Waals surface area contributed by atoms with Crippen LogP contribution >= 0.6 is 0 Å². The lowest BCUT2D eigenvalue weighted by atomic mass is 9.89. The van der Waals surface area contributed by atoms with Crippen molar-refractivity contribution in [2.45, 2.75) is 43.7 Å². The van der Waals surface area contributed by atoms with E-state index in [9.17, 15) is 0 Å². The Hall–Kier alpha value is -0.870. The van der Waals surface area contributed by atoms with Gasteiger partial charge >= 0.3 is 0 Å². The van der Waals surface area contributed by atoms with Crippen molar-refractivity contribution < 1.29 is 4.74 Å². The van der Waals surface area contributed by atoms with Crippen LogP contribution in [0.1, 0.15) is 31.4 Å². The third-order valence-electron chi connectivity index (χ3n) is 4.02. The zero-order valence-electron chi connectivity index (χ0n) is 11.1. The molecule has 1 fully saturated rings. The monoisotopic (exact) mass is 237 g/mol.